The van der Waals surface area contributed by atoms with Crippen molar-refractivity contribution in [1.82, 2.24) is 0 Å². The number of fused-ring (bicyclic) bond motifs is 4. The first-order chi connectivity index (χ1) is 14.3. The van der Waals surface area contributed by atoms with Gasteiger partial charge in [0.1, 0.15) is 0 Å². The Morgan fingerprint density at radius 3 is 2.63 bits per heavy atom. The van der Waals surface area contributed by atoms with Gasteiger partial charge in [-0.05, 0) is 111 Å². The van der Waals surface area contributed by atoms with E-state index >= 15 is 0 Å². The van der Waals surface area contributed by atoms with Crippen molar-refractivity contribution in [3.8, 4) is 0 Å². The third-order valence-electron chi connectivity index (χ3n) is 10.2. The largest absolute Gasteiger partial charge is 0.393 e. The molecule has 4 aliphatic carbocycles. The van der Waals surface area contributed by atoms with Crippen molar-refractivity contribution in [3.63, 3.8) is 0 Å². The molecule has 0 radical (unpaired) electrons. The third kappa shape index (κ3) is 3.85. The van der Waals surface area contributed by atoms with Crippen molar-refractivity contribution < 1.29 is 9.84 Å². The van der Waals surface area contributed by atoms with Gasteiger partial charge >= 0.3 is 0 Å². The Kier molecular flexibility index (Phi) is 6.58. The summed E-state index contributed by atoms with van der Waals surface area (Å²) >= 11 is 0. The zero-order chi connectivity index (χ0) is 21.6. The molecule has 30 heavy (non-hydrogen) atoms. The van der Waals surface area contributed by atoms with Gasteiger partial charge in [-0.1, -0.05) is 45.4 Å². The molecule has 0 spiro atoms. The van der Waals surface area contributed by atoms with Crippen molar-refractivity contribution >= 4 is 0 Å². The molecule has 0 aromatic heterocycles. The number of methoxy groups -OCH3 is 1. The van der Waals surface area contributed by atoms with Crippen LogP contribution in [0.15, 0.2) is 23.3 Å². The van der Waals surface area contributed by atoms with Crippen molar-refractivity contribution in [1.29, 1.82) is 0 Å². The number of ether oxygens (including phenoxy) is 1. The molecular weight excluding hydrogens is 368 g/mol. The Hall–Kier alpha value is -0.600. The van der Waals surface area contributed by atoms with Crippen LogP contribution in [0.4, 0.5) is 0 Å². The number of aliphatic hydroxyl groups is 1. The van der Waals surface area contributed by atoms with Crippen LogP contribution in [0.2, 0.25) is 0 Å². The van der Waals surface area contributed by atoms with E-state index in [4.69, 9.17) is 4.74 Å². The molecule has 170 valence electrons. The molecule has 4 rings (SSSR count). The minimum Gasteiger partial charge on any atom is -0.393 e. The lowest BCUT2D eigenvalue weighted by Crippen LogP contribution is -2.47. The van der Waals surface area contributed by atoms with Crippen molar-refractivity contribution in [2.45, 2.75) is 104 Å². The summed E-state index contributed by atoms with van der Waals surface area (Å²) in [6, 6.07) is 0. The Bertz CT molecular complexity index is 676. The molecule has 1 N–H and O–H groups in total. The molecule has 4 aliphatic rings. The lowest BCUT2D eigenvalue weighted by Gasteiger charge is -2.54. The van der Waals surface area contributed by atoms with Crippen LogP contribution in [-0.2, 0) is 4.74 Å². The number of hydrogen-bond acceptors (Lipinski definition) is 2. The second kappa shape index (κ2) is 8.74. The number of hydrogen-bond donors (Lipinski definition) is 1. The Labute approximate surface area is 185 Å². The maximum Gasteiger partial charge on any atom is 0.0787 e. The molecule has 0 amide bonds. The third-order valence-corrected chi connectivity index (χ3v) is 10.2. The minimum absolute atomic E-state index is 0.149. The monoisotopic (exact) mass is 414 g/mol. The molecule has 0 aromatic carbocycles. The highest BCUT2D eigenvalue weighted by atomic mass is 16.5. The Morgan fingerprint density at radius 2 is 1.93 bits per heavy atom. The van der Waals surface area contributed by atoms with E-state index in [0.717, 1.165) is 48.9 Å². The predicted octanol–water partition coefficient (Wildman–Crippen LogP) is 6.93. The van der Waals surface area contributed by atoms with E-state index in [2.05, 4.69) is 34.3 Å². The second-order valence-corrected chi connectivity index (χ2v) is 11.8. The topological polar surface area (TPSA) is 29.5 Å². The van der Waals surface area contributed by atoms with E-state index in [1.807, 2.05) is 7.11 Å². The molecule has 0 heterocycles. The number of rotatable bonds is 6. The SMILES string of the molecule is C=C(CC[C@@H](C)[C@H]1CC[C@H]2[C@@H]3C[C@@H](OC)C4=C(CC[C@H](O)C4)[C@H]3CC[C@]12C)C(C)C. The van der Waals surface area contributed by atoms with Gasteiger partial charge in [0.25, 0.3) is 0 Å². The molecule has 0 unspecified atom stereocenters. The van der Waals surface area contributed by atoms with Gasteiger partial charge in [-0.2, -0.15) is 0 Å². The van der Waals surface area contributed by atoms with Crippen molar-refractivity contribution in [2.24, 2.45) is 40.9 Å². The second-order valence-electron chi connectivity index (χ2n) is 11.8. The highest BCUT2D eigenvalue weighted by Gasteiger charge is 2.57. The zero-order valence-electron chi connectivity index (χ0n) is 20.3. The van der Waals surface area contributed by atoms with Gasteiger partial charge in [-0.15, -0.1) is 0 Å². The quantitative estimate of drug-likeness (QED) is 0.477. The van der Waals surface area contributed by atoms with Crippen LogP contribution in [0.5, 0.6) is 0 Å². The Morgan fingerprint density at radius 1 is 1.17 bits per heavy atom. The summed E-state index contributed by atoms with van der Waals surface area (Å²) in [6.45, 7) is 14.1. The summed E-state index contributed by atoms with van der Waals surface area (Å²) in [4.78, 5) is 0. The average Bonchev–Trinajstić information content (AvgIpc) is 3.08. The first kappa shape index (κ1) is 22.6. The van der Waals surface area contributed by atoms with Gasteiger partial charge in [0.2, 0.25) is 0 Å². The first-order valence-corrected chi connectivity index (χ1v) is 12.9. The number of allylic oxidation sites excluding steroid dienone is 2. The minimum atomic E-state index is -0.149. The molecule has 0 aliphatic heterocycles. The molecule has 2 saturated carbocycles. The van der Waals surface area contributed by atoms with E-state index < -0.39 is 0 Å². The van der Waals surface area contributed by atoms with Crippen LogP contribution in [0.1, 0.15) is 91.9 Å². The maximum absolute atomic E-state index is 10.3. The molecule has 0 bridgehead atoms. The smallest absolute Gasteiger partial charge is 0.0787 e. The predicted molar refractivity (Wildman–Crippen MR) is 125 cm³/mol. The maximum atomic E-state index is 10.3. The van der Waals surface area contributed by atoms with E-state index in [1.54, 1.807) is 5.57 Å². The van der Waals surface area contributed by atoms with Gasteiger partial charge < -0.3 is 9.84 Å². The molecule has 8 atom stereocenters. The summed E-state index contributed by atoms with van der Waals surface area (Å²) in [5, 5.41) is 10.3. The van der Waals surface area contributed by atoms with Crippen LogP contribution in [0.3, 0.4) is 0 Å². The normalized spacial score (nSPS) is 42.0. The fourth-order valence-electron chi connectivity index (χ4n) is 8.29. The van der Waals surface area contributed by atoms with E-state index in [9.17, 15) is 5.11 Å². The van der Waals surface area contributed by atoms with Crippen molar-refractivity contribution in [3.05, 3.63) is 23.3 Å². The fourth-order valence-corrected chi connectivity index (χ4v) is 8.29. The average molecular weight is 415 g/mol. The molecule has 0 saturated heterocycles. The van der Waals surface area contributed by atoms with Crippen LogP contribution < -0.4 is 0 Å². The molecule has 2 fully saturated rings. The van der Waals surface area contributed by atoms with Gasteiger partial charge in [0.05, 0.1) is 12.2 Å². The summed E-state index contributed by atoms with van der Waals surface area (Å²) in [5.41, 5.74) is 5.12. The van der Waals surface area contributed by atoms with Crippen LogP contribution in [0.25, 0.3) is 0 Å². The fraction of sp³-hybridized carbons (Fsp3) is 0.857. The first-order valence-electron chi connectivity index (χ1n) is 12.9. The molecule has 2 heteroatoms. The van der Waals surface area contributed by atoms with Crippen LogP contribution >= 0.6 is 0 Å². The standard InChI is InChI=1S/C28H46O2/c1-17(2)18(3)7-8-19(4)25-11-12-26-23-16-27(30-6)24-15-20(29)9-10-21(24)22(23)13-14-28(25,26)5/h17,19-20,22-23,25-27,29H,3,7-16H2,1-2,4-6H3/t19-,20+,22-,23-,25-,26+,27-,28-/m1/s1. The van der Waals surface area contributed by atoms with E-state index in [0.29, 0.717) is 11.3 Å². The highest BCUT2D eigenvalue weighted by Crippen LogP contribution is 2.64. The summed E-state index contributed by atoms with van der Waals surface area (Å²) in [6.07, 6.45) is 12.3. The van der Waals surface area contributed by atoms with Crippen molar-refractivity contribution in [2.75, 3.05) is 7.11 Å². The Balaban J connectivity index is 1.51. The van der Waals surface area contributed by atoms with E-state index in [1.165, 1.54) is 56.1 Å². The van der Waals surface area contributed by atoms with Gasteiger partial charge in [-0.25, -0.2) is 0 Å². The summed E-state index contributed by atoms with van der Waals surface area (Å²) in [7, 11) is 1.89. The lowest BCUT2D eigenvalue weighted by atomic mass is 9.51. The molecular formula is C28H46O2. The molecule has 2 nitrogen and oxygen atoms in total. The summed E-state index contributed by atoms with van der Waals surface area (Å²) < 4.78 is 6.02. The van der Waals surface area contributed by atoms with Crippen LogP contribution in [0, 0.1) is 40.9 Å². The lowest BCUT2D eigenvalue weighted by molar-refractivity contribution is -0.0317. The molecule has 0 aromatic rings. The zero-order valence-corrected chi connectivity index (χ0v) is 20.3. The van der Waals surface area contributed by atoms with Gasteiger partial charge in [0, 0.05) is 7.11 Å². The van der Waals surface area contributed by atoms with Crippen LogP contribution in [-0.4, -0.2) is 24.4 Å². The number of aliphatic hydroxyl groups excluding tert-OH is 1. The van der Waals surface area contributed by atoms with E-state index in [-0.39, 0.29) is 12.2 Å². The van der Waals surface area contributed by atoms with Gasteiger partial charge in [-0.3, -0.25) is 0 Å². The van der Waals surface area contributed by atoms with Gasteiger partial charge in [0.15, 0.2) is 0 Å². The summed E-state index contributed by atoms with van der Waals surface area (Å²) in [5.74, 6) is 4.71. The highest BCUT2D eigenvalue weighted by molar-refractivity contribution is 5.30.